The molecule has 1 aromatic rings. The standard InChI is InChI=1S/C13H23NO4S2/c1-9-10(2)19-11(3)12(9)20(16,17)14-6-13(4,7-15)8-18-5/h14-15H,6-8H2,1-5H3. The van der Waals surface area contributed by atoms with Crippen LogP contribution in [0.4, 0.5) is 0 Å². The van der Waals surface area contributed by atoms with E-state index in [2.05, 4.69) is 4.72 Å². The Labute approximate surface area is 125 Å². The van der Waals surface area contributed by atoms with Crippen LogP contribution in [0.25, 0.3) is 0 Å². The zero-order valence-corrected chi connectivity index (χ0v) is 14.2. The molecule has 0 bridgehead atoms. The van der Waals surface area contributed by atoms with E-state index < -0.39 is 15.4 Å². The van der Waals surface area contributed by atoms with Gasteiger partial charge in [-0.05, 0) is 26.3 Å². The van der Waals surface area contributed by atoms with Crippen molar-refractivity contribution in [3.8, 4) is 0 Å². The summed E-state index contributed by atoms with van der Waals surface area (Å²) in [5, 5.41) is 9.38. The first-order valence-electron chi connectivity index (χ1n) is 6.33. The molecule has 1 unspecified atom stereocenters. The van der Waals surface area contributed by atoms with E-state index in [1.807, 2.05) is 13.8 Å². The number of aliphatic hydroxyl groups is 1. The van der Waals surface area contributed by atoms with E-state index in [0.717, 1.165) is 15.3 Å². The molecular formula is C13H23NO4S2. The van der Waals surface area contributed by atoms with Gasteiger partial charge in [0.25, 0.3) is 0 Å². The molecule has 0 fully saturated rings. The van der Waals surface area contributed by atoms with Crippen LogP contribution < -0.4 is 4.72 Å². The van der Waals surface area contributed by atoms with Gasteiger partial charge in [0.05, 0.1) is 18.1 Å². The van der Waals surface area contributed by atoms with Crippen molar-refractivity contribution in [3.63, 3.8) is 0 Å². The Balaban J connectivity index is 2.96. The number of aryl methyl sites for hydroxylation is 2. The van der Waals surface area contributed by atoms with Crippen molar-refractivity contribution in [1.82, 2.24) is 4.72 Å². The minimum atomic E-state index is -3.57. The number of hydrogen-bond acceptors (Lipinski definition) is 5. The third-order valence-corrected chi connectivity index (χ3v) is 6.25. The highest BCUT2D eigenvalue weighted by molar-refractivity contribution is 7.89. The van der Waals surface area contributed by atoms with Crippen molar-refractivity contribution < 1.29 is 18.3 Å². The molecule has 0 aliphatic rings. The van der Waals surface area contributed by atoms with Crippen LogP contribution in [0.3, 0.4) is 0 Å². The van der Waals surface area contributed by atoms with Gasteiger partial charge in [-0.15, -0.1) is 11.3 Å². The van der Waals surface area contributed by atoms with E-state index in [-0.39, 0.29) is 19.8 Å². The topological polar surface area (TPSA) is 75.6 Å². The highest BCUT2D eigenvalue weighted by Gasteiger charge is 2.29. The third kappa shape index (κ3) is 3.79. The maximum Gasteiger partial charge on any atom is 0.241 e. The average molecular weight is 321 g/mol. The molecule has 0 spiro atoms. The summed E-state index contributed by atoms with van der Waals surface area (Å²) in [4.78, 5) is 2.15. The van der Waals surface area contributed by atoms with E-state index in [4.69, 9.17) is 4.74 Å². The second kappa shape index (κ2) is 6.53. The molecule has 7 heteroatoms. The molecule has 0 radical (unpaired) electrons. The summed E-state index contributed by atoms with van der Waals surface area (Å²) in [6, 6.07) is 0. The Bertz CT molecular complexity index is 565. The van der Waals surface area contributed by atoms with Crippen molar-refractivity contribution >= 4 is 21.4 Å². The summed E-state index contributed by atoms with van der Waals surface area (Å²) in [7, 11) is -2.04. The Hall–Kier alpha value is -0.470. The molecule has 116 valence electrons. The van der Waals surface area contributed by atoms with Crippen LogP contribution >= 0.6 is 11.3 Å². The monoisotopic (exact) mass is 321 g/mol. The zero-order valence-electron chi connectivity index (χ0n) is 12.6. The van der Waals surface area contributed by atoms with Crippen molar-refractivity contribution in [2.24, 2.45) is 5.41 Å². The molecular weight excluding hydrogens is 298 g/mol. The number of ether oxygens (including phenoxy) is 1. The first kappa shape index (κ1) is 17.6. The number of rotatable bonds is 7. The Morgan fingerprint density at radius 1 is 1.30 bits per heavy atom. The lowest BCUT2D eigenvalue weighted by atomic mass is 9.93. The molecule has 0 amide bonds. The number of thiophene rings is 1. The Morgan fingerprint density at radius 2 is 1.90 bits per heavy atom. The van der Waals surface area contributed by atoms with Crippen molar-refractivity contribution in [2.45, 2.75) is 32.6 Å². The second-order valence-corrected chi connectivity index (χ2v) is 8.53. The van der Waals surface area contributed by atoms with Gasteiger partial charge in [-0.2, -0.15) is 0 Å². The van der Waals surface area contributed by atoms with Crippen LogP contribution in [0.5, 0.6) is 0 Å². The molecule has 1 rings (SSSR count). The maximum atomic E-state index is 12.4. The van der Waals surface area contributed by atoms with Gasteiger partial charge >= 0.3 is 0 Å². The van der Waals surface area contributed by atoms with Gasteiger partial charge in [0.1, 0.15) is 0 Å². The SMILES string of the molecule is COCC(C)(CO)CNS(=O)(=O)c1c(C)sc(C)c1C. The normalized spacial score (nSPS) is 15.3. The summed E-state index contributed by atoms with van der Waals surface area (Å²) in [6.07, 6.45) is 0. The Kier molecular flexibility index (Phi) is 5.74. The molecule has 2 N–H and O–H groups in total. The first-order chi connectivity index (χ1) is 9.17. The van der Waals surface area contributed by atoms with Gasteiger partial charge in [0.15, 0.2) is 0 Å². The molecule has 0 aliphatic heterocycles. The zero-order chi connectivity index (χ0) is 15.6. The minimum Gasteiger partial charge on any atom is -0.396 e. The molecule has 0 saturated carbocycles. The van der Waals surface area contributed by atoms with Gasteiger partial charge in [0.2, 0.25) is 10.0 Å². The molecule has 5 nitrogen and oxygen atoms in total. The predicted octanol–water partition coefficient (Wildman–Crippen LogP) is 1.60. The predicted molar refractivity (Wildman–Crippen MR) is 80.8 cm³/mol. The lowest BCUT2D eigenvalue weighted by Crippen LogP contribution is -2.41. The number of nitrogens with one attached hydrogen (secondary N) is 1. The largest absolute Gasteiger partial charge is 0.396 e. The van der Waals surface area contributed by atoms with Gasteiger partial charge in [-0.3, -0.25) is 0 Å². The lowest BCUT2D eigenvalue weighted by molar-refractivity contribution is 0.0462. The van der Waals surface area contributed by atoms with E-state index in [0.29, 0.717) is 4.90 Å². The highest BCUT2D eigenvalue weighted by Crippen LogP contribution is 2.30. The molecule has 1 atom stereocenters. The van der Waals surface area contributed by atoms with Crippen LogP contribution in [-0.2, 0) is 14.8 Å². The summed E-state index contributed by atoms with van der Waals surface area (Å²) in [6.45, 7) is 7.57. The smallest absolute Gasteiger partial charge is 0.241 e. The van der Waals surface area contributed by atoms with Crippen molar-refractivity contribution in [1.29, 1.82) is 0 Å². The highest BCUT2D eigenvalue weighted by atomic mass is 32.2. The fraction of sp³-hybridized carbons (Fsp3) is 0.692. The van der Waals surface area contributed by atoms with Gasteiger partial charge < -0.3 is 9.84 Å². The van der Waals surface area contributed by atoms with Gasteiger partial charge in [-0.1, -0.05) is 6.92 Å². The average Bonchev–Trinajstić information content (AvgIpc) is 2.62. The molecule has 20 heavy (non-hydrogen) atoms. The molecule has 0 saturated heterocycles. The van der Waals surface area contributed by atoms with Crippen LogP contribution in [0.15, 0.2) is 4.90 Å². The van der Waals surface area contributed by atoms with E-state index in [9.17, 15) is 13.5 Å². The summed E-state index contributed by atoms with van der Waals surface area (Å²) in [5.74, 6) is 0. The Morgan fingerprint density at radius 3 is 2.30 bits per heavy atom. The fourth-order valence-corrected chi connectivity index (χ4v) is 5.11. The molecule has 0 aliphatic carbocycles. The van der Waals surface area contributed by atoms with Crippen LogP contribution in [0.2, 0.25) is 0 Å². The van der Waals surface area contributed by atoms with Gasteiger partial charge in [0, 0.05) is 28.8 Å². The summed E-state index contributed by atoms with van der Waals surface area (Å²) in [5.41, 5.74) is 0.159. The quantitative estimate of drug-likeness (QED) is 0.800. The molecule has 0 aromatic carbocycles. The van der Waals surface area contributed by atoms with Crippen LogP contribution in [-0.4, -0.2) is 40.4 Å². The van der Waals surface area contributed by atoms with E-state index in [1.165, 1.54) is 18.4 Å². The second-order valence-electron chi connectivity index (χ2n) is 5.39. The number of hydrogen-bond donors (Lipinski definition) is 2. The minimum absolute atomic E-state index is 0.132. The number of aliphatic hydroxyl groups excluding tert-OH is 1. The van der Waals surface area contributed by atoms with Crippen LogP contribution in [0.1, 0.15) is 22.2 Å². The van der Waals surface area contributed by atoms with Crippen molar-refractivity contribution in [2.75, 3.05) is 26.9 Å². The van der Waals surface area contributed by atoms with Gasteiger partial charge in [-0.25, -0.2) is 13.1 Å². The van der Waals surface area contributed by atoms with E-state index in [1.54, 1.807) is 13.8 Å². The third-order valence-electron chi connectivity index (χ3n) is 3.33. The lowest BCUT2D eigenvalue weighted by Gasteiger charge is -2.26. The fourth-order valence-electron chi connectivity index (χ4n) is 2.01. The number of sulfonamides is 1. The van der Waals surface area contributed by atoms with Crippen LogP contribution in [0, 0.1) is 26.2 Å². The molecule has 1 aromatic heterocycles. The summed E-state index contributed by atoms with van der Waals surface area (Å²) < 4.78 is 32.5. The summed E-state index contributed by atoms with van der Waals surface area (Å²) >= 11 is 1.48. The van der Waals surface area contributed by atoms with Crippen molar-refractivity contribution in [3.05, 3.63) is 15.3 Å². The number of methoxy groups -OCH3 is 1. The van der Waals surface area contributed by atoms with E-state index >= 15 is 0 Å². The molecule has 1 heterocycles. The maximum absolute atomic E-state index is 12.4. The first-order valence-corrected chi connectivity index (χ1v) is 8.63.